The highest BCUT2D eigenvalue weighted by molar-refractivity contribution is 6.33. The third-order valence-electron chi connectivity index (χ3n) is 5.08. The van der Waals surface area contributed by atoms with E-state index in [9.17, 15) is 4.79 Å². The lowest BCUT2D eigenvalue weighted by atomic mass is 9.96. The topological polar surface area (TPSA) is 61.0 Å². The summed E-state index contributed by atoms with van der Waals surface area (Å²) in [6.07, 6.45) is 1.77. The molecule has 0 bridgehead atoms. The fourth-order valence-electron chi connectivity index (χ4n) is 3.46. The number of carbonyl (C=O) groups is 1. The summed E-state index contributed by atoms with van der Waals surface area (Å²) < 4.78 is 0. The van der Waals surface area contributed by atoms with Crippen LogP contribution in [0.4, 0.5) is 5.82 Å². The van der Waals surface area contributed by atoms with Gasteiger partial charge in [0.15, 0.2) is 5.82 Å². The van der Waals surface area contributed by atoms with Crippen molar-refractivity contribution < 1.29 is 4.79 Å². The average molecular weight is 405 g/mol. The summed E-state index contributed by atoms with van der Waals surface area (Å²) in [5, 5.41) is 11.9. The maximum Gasteiger partial charge on any atom is 0.228 e. The SMILES string of the molecule is CN1CCC(C(=O)Nc2n[nH]c3ccc(-c4ccccc4Cl)cc23)CC1.Cl. The van der Waals surface area contributed by atoms with E-state index < -0.39 is 0 Å². The summed E-state index contributed by atoms with van der Waals surface area (Å²) in [5.41, 5.74) is 2.85. The van der Waals surface area contributed by atoms with Crippen LogP contribution >= 0.6 is 24.0 Å². The summed E-state index contributed by atoms with van der Waals surface area (Å²) in [6, 6.07) is 13.7. The van der Waals surface area contributed by atoms with Crippen molar-refractivity contribution in [3.05, 3.63) is 47.5 Å². The monoisotopic (exact) mass is 404 g/mol. The number of benzene rings is 2. The predicted octanol–water partition coefficient (Wildman–Crippen LogP) is 4.59. The smallest absolute Gasteiger partial charge is 0.228 e. The number of piperidine rings is 1. The number of anilines is 1. The molecule has 1 aliphatic heterocycles. The summed E-state index contributed by atoms with van der Waals surface area (Å²) >= 11 is 6.32. The predicted molar refractivity (Wildman–Crippen MR) is 113 cm³/mol. The summed E-state index contributed by atoms with van der Waals surface area (Å²) in [6.45, 7) is 1.91. The Bertz CT molecular complexity index is 948. The summed E-state index contributed by atoms with van der Waals surface area (Å²) in [5.74, 6) is 0.678. The molecule has 1 saturated heterocycles. The van der Waals surface area contributed by atoms with Crippen LogP contribution in [-0.2, 0) is 4.79 Å². The highest BCUT2D eigenvalue weighted by atomic mass is 35.5. The molecule has 3 aromatic rings. The van der Waals surface area contributed by atoms with Crippen molar-refractivity contribution >= 4 is 46.6 Å². The number of amides is 1. The number of halogens is 2. The lowest BCUT2D eigenvalue weighted by Crippen LogP contribution is -2.36. The zero-order chi connectivity index (χ0) is 18.1. The summed E-state index contributed by atoms with van der Waals surface area (Å²) in [4.78, 5) is 14.9. The molecule has 1 amide bonds. The van der Waals surface area contributed by atoms with E-state index in [0.29, 0.717) is 10.8 Å². The second-order valence-electron chi connectivity index (χ2n) is 6.88. The Balaban J connectivity index is 0.00000210. The number of nitrogens with one attached hydrogen (secondary N) is 2. The first-order chi connectivity index (χ1) is 12.6. The van der Waals surface area contributed by atoms with Gasteiger partial charge in [-0.2, -0.15) is 5.10 Å². The first kappa shape index (κ1) is 19.7. The van der Waals surface area contributed by atoms with Crippen molar-refractivity contribution in [3.8, 4) is 11.1 Å². The van der Waals surface area contributed by atoms with Gasteiger partial charge in [0.25, 0.3) is 0 Å². The minimum absolute atomic E-state index is 0. The molecule has 2 N–H and O–H groups in total. The van der Waals surface area contributed by atoms with Crippen LogP contribution in [0.25, 0.3) is 22.0 Å². The van der Waals surface area contributed by atoms with E-state index in [1.807, 2.05) is 42.5 Å². The van der Waals surface area contributed by atoms with Gasteiger partial charge in [-0.15, -0.1) is 12.4 Å². The average Bonchev–Trinajstić information content (AvgIpc) is 3.05. The molecule has 2 aromatic carbocycles. The van der Waals surface area contributed by atoms with Crippen molar-refractivity contribution in [2.45, 2.75) is 12.8 Å². The Morgan fingerprint density at radius 2 is 1.96 bits per heavy atom. The Labute approximate surface area is 169 Å². The normalized spacial score (nSPS) is 15.5. The first-order valence-electron chi connectivity index (χ1n) is 8.84. The molecule has 1 aliphatic rings. The van der Waals surface area contributed by atoms with Crippen LogP contribution < -0.4 is 5.32 Å². The number of fused-ring (bicyclic) bond motifs is 1. The third kappa shape index (κ3) is 4.10. The van der Waals surface area contributed by atoms with E-state index in [4.69, 9.17) is 11.6 Å². The minimum atomic E-state index is 0. The molecule has 1 aromatic heterocycles. The summed E-state index contributed by atoms with van der Waals surface area (Å²) in [7, 11) is 2.09. The fourth-order valence-corrected chi connectivity index (χ4v) is 3.71. The fraction of sp³-hybridized carbons (Fsp3) is 0.300. The standard InChI is InChI=1S/C20H21ClN4O.ClH/c1-25-10-8-13(9-11-25)20(26)22-19-16-12-14(6-7-18(16)23-24-19)15-4-2-3-5-17(15)21;/h2-7,12-13H,8-11H2,1H3,(H2,22,23,24,26);1H. The molecule has 0 spiro atoms. The molecule has 0 aliphatic carbocycles. The van der Waals surface area contributed by atoms with Gasteiger partial charge in [-0.25, -0.2) is 0 Å². The van der Waals surface area contributed by atoms with Crippen LogP contribution in [0.2, 0.25) is 5.02 Å². The Kier molecular flexibility index (Phi) is 6.05. The van der Waals surface area contributed by atoms with Gasteiger partial charge in [0.1, 0.15) is 0 Å². The number of rotatable bonds is 3. The molecule has 0 radical (unpaired) electrons. The Hall–Kier alpha value is -2.08. The molecule has 0 unspecified atom stereocenters. The molecule has 4 rings (SSSR count). The maximum absolute atomic E-state index is 12.6. The number of aromatic amines is 1. The molecule has 2 heterocycles. The van der Waals surface area contributed by atoms with Gasteiger partial charge < -0.3 is 10.2 Å². The van der Waals surface area contributed by atoms with E-state index in [2.05, 4.69) is 27.5 Å². The van der Waals surface area contributed by atoms with E-state index in [-0.39, 0.29) is 24.2 Å². The Morgan fingerprint density at radius 3 is 2.70 bits per heavy atom. The molecule has 0 saturated carbocycles. The van der Waals surface area contributed by atoms with E-state index in [0.717, 1.165) is 48.0 Å². The molecule has 5 nitrogen and oxygen atoms in total. The van der Waals surface area contributed by atoms with Crippen molar-refractivity contribution in [2.75, 3.05) is 25.5 Å². The van der Waals surface area contributed by atoms with Crippen molar-refractivity contribution in [1.29, 1.82) is 0 Å². The molecule has 142 valence electrons. The highest BCUT2D eigenvalue weighted by Gasteiger charge is 2.24. The van der Waals surface area contributed by atoms with Crippen LogP contribution in [-0.4, -0.2) is 41.1 Å². The lowest BCUT2D eigenvalue weighted by Gasteiger charge is -2.27. The number of hydrogen-bond donors (Lipinski definition) is 2. The molecular formula is C20H22Cl2N4O. The number of likely N-dealkylation sites (tertiary alicyclic amines) is 1. The van der Waals surface area contributed by atoms with Gasteiger partial charge in [-0.3, -0.25) is 9.89 Å². The van der Waals surface area contributed by atoms with Gasteiger partial charge >= 0.3 is 0 Å². The van der Waals surface area contributed by atoms with E-state index >= 15 is 0 Å². The number of hydrogen-bond acceptors (Lipinski definition) is 3. The number of H-pyrrole nitrogens is 1. The van der Waals surface area contributed by atoms with Crippen LogP contribution in [0.1, 0.15) is 12.8 Å². The van der Waals surface area contributed by atoms with E-state index in [1.54, 1.807) is 0 Å². The number of nitrogens with zero attached hydrogens (tertiary/aromatic N) is 2. The van der Waals surface area contributed by atoms with E-state index in [1.165, 1.54) is 0 Å². The zero-order valence-corrected chi connectivity index (χ0v) is 16.6. The second kappa shape index (κ2) is 8.30. The number of aromatic nitrogens is 2. The van der Waals surface area contributed by atoms with Crippen LogP contribution in [0, 0.1) is 5.92 Å². The largest absolute Gasteiger partial charge is 0.308 e. The molecule has 27 heavy (non-hydrogen) atoms. The van der Waals surface area contributed by atoms with Gasteiger partial charge in [0.2, 0.25) is 5.91 Å². The Morgan fingerprint density at radius 1 is 1.22 bits per heavy atom. The van der Waals surface area contributed by atoms with Crippen LogP contribution in [0.5, 0.6) is 0 Å². The quantitative estimate of drug-likeness (QED) is 0.670. The third-order valence-corrected chi connectivity index (χ3v) is 5.41. The van der Waals surface area contributed by atoms with Gasteiger partial charge in [-0.1, -0.05) is 35.9 Å². The van der Waals surface area contributed by atoms with Gasteiger partial charge in [-0.05, 0) is 56.7 Å². The van der Waals surface area contributed by atoms with Crippen molar-refractivity contribution in [3.63, 3.8) is 0 Å². The molecule has 0 atom stereocenters. The molecule has 7 heteroatoms. The molecule has 1 fully saturated rings. The minimum Gasteiger partial charge on any atom is -0.308 e. The first-order valence-corrected chi connectivity index (χ1v) is 9.22. The molecular weight excluding hydrogens is 383 g/mol. The second-order valence-corrected chi connectivity index (χ2v) is 7.29. The van der Waals surface area contributed by atoms with Gasteiger partial charge in [0, 0.05) is 21.9 Å². The van der Waals surface area contributed by atoms with Crippen molar-refractivity contribution in [1.82, 2.24) is 15.1 Å². The van der Waals surface area contributed by atoms with Gasteiger partial charge in [0.05, 0.1) is 5.52 Å². The lowest BCUT2D eigenvalue weighted by molar-refractivity contribution is -0.121. The van der Waals surface area contributed by atoms with Crippen LogP contribution in [0.15, 0.2) is 42.5 Å². The zero-order valence-electron chi connectivity index (χ0n) is 15.0. The van der Waals surface area contributed by atoms with Crippen molar-refractivity contribution in [2.24, 2.45) is 5.92 Å². The number of carbonyl (C=O) groups excluding carboxylic acids is 1. The highest BCUT2D eigenvalue weighted by Crippen LogP contribution is 2.32. The maximum atomic E-state index is 12.6. The van der Waals surface area contributed by atoms with Crippen LogP contribution in [0.3, 0.4) is 0 Å².